The molecular weight excluding hydrogens is 461 g/mol. The van der Waals surface area contributed by atoms with Gasteiger partial charge in [-0.25, -0.2) is 13.3 Å². The van der Waals surface area contributed by atoms with Crippen molar-refractivity contribution < 1.29 is 36.2 Å². The number of hydrogen-bond acceptors (Lipinski definition) is 5. The molecule has 0 radical (unpaired) electrons. The van der Waals surface area contributed by atoms with E-state index < -0.39 is 34.7 Å². The van der Waals surface area contributed by atoms with Crippen LogP contribution in [0.1, 0.15) is 21.5 Å². The molecule has 33 heavy (non-hydrogen) atoms. The number of esters is 1. The number of methoxy groups -OCH3 is 1. The minimum absolute atomic E-state index is 0.00428. The molecule has 11 heteroatoms. The molecule has 7 nitrogen and oxygen atoms in total. The summed E-state index contributed by atoms with van der Waals surface area (Å²) in [6.45, 7) is 1.84. The van der Waals surface area contributed by atoms with E-state index in [1.54, 1.807) is 24.3 Å². The van der Waals surface area contributed by atoms with Crippen LogP contribution in [0.4, 0.5) is 30.2 Å². The zero-order valence-electron chi connectivity index (χ0n) is 17.4. The van der Waals surface area contributed by atoms with Crippen LogP contribution in [0.2, 0.25) is 0 Å². The average molecular weight is 480 g/mol. The van der Waals surface area contributed by atoms with Gasteiger partial charge in [-0.2, -0.15) is 13.2 Å². The van der Waals surface area contributed by atoms with Crippen molar-refractivity contribution in [3.05, 3.63) is 77.4 Å². The largest absolute Gasteiger partial charge is 0.465 e. The Morgan fingerprint density at radius 2 is 1.64 bits per heavy atom. The monoisotopic (exact) mass is 480 g/mol. The Hall–Kier alpha value is -3.57. The van der Waals surface area contributed by atoms with Crippen LogP contribution in [0.5, 0.6) is 11.5 Å². The van der Waals surface area contributed by atoms with Crippen LogP contribution in [0.3, 0.4) is 0 Å². The summed E-state index contributed by atoms with van der Waals surface area (Å²) in [6, 6.07) is 13.6. The van der Waals surface area contributed by atoms with Crippen LogP contribution in [-0.2, 0) is 22.2 Å². The number of ether oxygens (including phenoxy) is 2. The Kier molecular flexibility index (Phi) is 6.94. The second-order valence-electron chi connectivity index (χ2n) is 6.88. The number of hydrogen-bond donors (Lipinski definition) is 2. The first-order valence-electron chi connectivity index (χ1n) is 9.36. The molecule has 0 amide bonds. The lowest BCUT2D eigenvalue weighted by atomic mass is 10.1. The number of carbonyl (C=O) groups is 1. The SMILES string of the molecule is COC(=O)c1cc(Oc2ccc(N)c(C(F)(F)F)c2)ccc1N(c1ccc(C)cc1)S(=O)O. The van der Waals surface area contributed by atoms with E-state index in [4.69, 9.17) is 15.2 Å². The maximum absolute atomic E-state index is 13.1. The Morgan fingerprint density at radius 1 is 1.03 bits per heavy atom. The van der Waals surface area contributed by atoms with E-state index >= 15 is 0 Å². The first-order chi connectivity index (χ1) is 15.5. The van der Waals surface area contributed by atoms with E-state index in [1.807, 2.05) is 6.92 Å². The van der Waals surface area contributed by atoms with Crippen LogP contribution in [0.15, 0.2) is 60.7 Å². The zero-order chi connectivity index (χ0) is 24.3. The summed E-state index contributed by atoms with van der Waals surface area (Å²) < 4.78 is 72.7. The molecule has 0 saturated heterocycles. The summed E-state index contributed by atoms with van der Waals surface area (Å²) in [5, 5.41) is 0. The highest BCUT2D eigenvalue weighted by atomic mass is 32.2. The lowest BCUT2D eigenvalue weighted by molar-refractivity contribution is -0.137. The van der Waals surface area contributed by atoms with Gasteiger partial charge in [0, 0.05) is 5.69 Å². The molecule has 174 valence electrons. The number of halogens is 3. The fourth-order valence-electron chi connectivity index (χ4n) is 3.00. The first kappa shape index (κ1) is 24.1. The molecule has 0 aliphatic heterocycles. The van der Waals surface area contributed by atoms with Gasteiger partial charge in [0.25, 0.3) is 11.3 Å². The van der Waals surface area contributed by atoms with E-state index in [2.05, 4.69) is 0 Å². The number of carbonyl (C=O) groups excluding carboxylic acids is 1. The molecule has 3 rings (SSSR count). The first-order valence-corrected chi connectivity index (χ1v) is 10.4. The molecular formula is C22H19F3N2O5S. The van der Waals surface area contributed by atoms with Gasteiger partial charge in [-0.15, -0.1) is 0 Å². The van der Waals surface area contributed by atoms with Gasteiger partial charge in [-0.3, -0.25) is 4.55 Å². The number of nitrogens with two attached hydrogens (primary N) is 1. The van der Waals surface area contributed by atoms with Gasteiger partial charge in [0.05, 0.1) is 29.6 Å². The standard InChI is InChI=1S/C22H19F3N2O5S/c1-13-3-5-14(6-4-13)27(33(29)30)20-10-8-15(11-17(20)21(28)31-2)32-16-7-9-19(26)18(12-16)22(23,24)25/h3-12H,26H2,1-2H3,(H,29,30). The van der Waals surface area contributed by atoms with Crippen molar-refractivity contribution in [2.45, 2.75) is 13.1 Å². The smallest absolute Gasteiger partial charge is 0.418 e. The van der Waals surface area contributed by atoms with Crippen LogP contribution in [-0.4, -0.2) is 21.8 Å². The van der Waals surface area contributed by atoms with Crippen LogP contribution in [0.25, 0.3) is 0 Å². The normalized spacial score (nSPS) is 12.2. The van der Waals surface area contributed by atoms with Gasteiger partial charge >= 0.3 is 12.1 Å². The second kappa shape index (κ2) is 9.51. The third kappa shape index (κ3) is 5.44. The van der Waals surface area contributed by atoms with Gasteiger partial charge in [0.1, 0.15) is 11.5 Å². The van der Waals surface area contributed by atoms with Crippen LogP contribution < -0.4 is 14.8 Å². The molecule has 0 fully saturated rings. The lowest BCUT2D eigenvalue weighted by Gasteiger charge is -2.23. The number of nitrogens with zero attached hydrogens (tertiary/aromatic N) is 1. The minimum atomic E-state index is -4.68. The van der Waals surface area contributed by atoms with Crippen molar-refractivity contribution in [2.75, 3.05) is 17.1 Å². The average Bonchev–Trinajstić information content (AvgIpc) is 2.76. The van der Waals surface area contributed by atoms with Gasteiger partial charge in [0.2, 0.25) is 0 Å². The number of rotatable bonds is 6. The summed E-state index contributed by atoms with van der Waals surface area (Å²) in [6.07, 6.45) is -4.68. The predicted octanol–water partition coefficient (Wildman–Crippen LogP) is 5.45. The van der Waals surface area contributed by atoms with Gasteiger partial charge in [0.15, 0.2) is 0 Å². The highest BCUT2D eigenvalue weighted by Gasteiger charge is 2.33. The van der Waals surface area contributed by atoms with Gasteiger partial charge in [-0.1, -0.05) is 17.7 Å². The molecule has 0 spiro atoms. The van der Waals surface area contributed by atoms with Gasteiger partial charge < -0.3 is 15.2 Å². The Morgan fingerprint density at radius 3 is 2.21 bits per heavy atom. The highest BCUT2D eigenvalue weighted by Crippen LogP contribution is 2.38. The van der Waals surface area contributed by atoms with E-state index in [-0.39, 0.29) is 22.7 Å². The third-order valence-electron chi connectivity index (χ3n) is 4.58. The molecule has 1 atom stereocenters. The fourth-order valence-corrected chi connectivity index (χ4v) is 3.63. The minimum Gasteiger partial charge on any atom is -0.465 e. The molecule has 3 aromatic rings. The summed E-state index contributed by atoms with van der Waals surface area (Å²) in [5.41, 5.74) is 5.02. The number of aryl methyl sites for hydroxylation is 1. The summed E-state index contributed by atoms with van der Waals surface area (Å²) >= 11 is -2.56. The molecule has 3 aromatic carbocycles. The van der Waals surface area contributed by atoms with Gasteiger partial charge in [-0.05, 0) is 55.5 Å². The van der Waals surface area contributed by atoms with E-state index in [9.17, 15) is 26.7 Å². The molecule has 0 saturated carbocycles. The van der Waals surface area contributed by atoms with Crippen molar-refractivity contribution in [3.63, 3.8) is 0 Å². The van der Waals surface area contributed by atoms with Crippen molar-refractivity contribution in [3.8, 4) is 11.5 Å². The summed E-state index contributed by atoms with van der Waals surface area (Å²) in [5.74, 6) is -1.00. The quantitative estimate of drug-likeness (QED) is 0.276. The topological polar surface area (TPSA) is 102 Å². The maximum Gasteiger partial charge on any atom is 0.418 e. The molecule has 0 aliphatic rings. The summed E-state index contributed by atoms with van der Waals surface area (Å²) in [7, 11) is 1.13. The Bertz CT molecular complexity index is 1200. The van der Waals surface area contributed by atoms with E-state index in [0.717, 1.165) is 29.1 Å². The predicted molar refractivity (Wildman–Crippen MR) is 118 cm³/mol. The number of benzene rings is 3. The Balaban J connectivity index is 2.05. The van der Waals surface area contributed by atoms with Crippen molar-refractivity contribution >= 4 is 34.3 Å². The zero-order valence-corrected chi connectivity index (χ0v) is 18.2. The molecule has 0 aliphatic carbocycles. The number of nitrogen functional groups attached to an aromatic ring is 1. The Labute approximate surface area is 190 Å². The van der Waals surface area contributed by atoms with E-state index in [0.29, 0.717) is 5.69 Å². The molecule has 3 N–H and O–H groups in total. The fraction of sp³-hybridized carbons (Fsp3) is 0.136. The van der Waals surface area contributed by atoms with E-state index in [1.165, 1.54) is 24.3 Å². The number of alkyl halides is 3. The third-order valence-corrected chi connectivity index (χ3v) is 5.30. The number of anilines is 3. The summed E-state index contributed by atoms with van der Waals surface area (Å²) in [4.78, 5) is 12.4. The lowest BCUT2D eigenvalue weighted by Crippen LogP contribution is -2.22. The second-order valence-corrected chi connectivity index (χ2v) is 7.71. The van der Waals surface area contributed by atoms with Crippen molar-refractivity contribution in [1.29, 1.82) is 0 Å². The molecule has 0 aromatic heterocycles. The van der Waals surface area contributed by atoms with Crippen LogP contribution >= 0.6 is 0 Å². The maximum atomic E-state index is 13.1. The van der Waals surface area contributed by atoms with Crippen molar-refractivity contribution in [2.24, 2.45) is 0 Å². The van der Waals surface area contributed by atoms with Crippen molar-refractivity contribution in [1.82, 2.24) is 0 Å². The van der Waals surface area contributed by atoms with Crippen LogP contribution in [0, 0.1) is 6.92 Å². The highest BCUT2D eigenvalue weighted by molar-refractivity contribution is 7.81. The molecule has 1 unspecified atom stereocenters. The molecule has 0 bridgehead atoms. The molecule has 0 heterocycles.